The van der Waals surface area contributed by atoms with Gasteiger partial charge >= 0.3 is 0 Å². The van der Waals surface area contributed by atoms with Crippen LogP contribution < -0.4 is 9.47 Å². The van der Waals surface area contributed by atoms with Gasteiger partial charge in [-0.25, -0.2) is 24.6 Å². The largest absolute Gasteiger partial charge is 0.497 e. The van der Waals surface area contributed by atoms with Gasteiger partial charge < -0.3 is 32.7 Å². The molecule has 0 amide bonds. The molecule has 0 saturated heterocycles. The Labute approximate surface area is 399 Å². The molecular formula is C53H71N8O5P. The van der Waals surface area contributed by atoms with Crippen molar-refractivity contribution in [2.45, 2.75) is 129 Å². The summed E-state index contributed by atoms with van der Waals surface area (Å²) >= 11 is 0. The summed E-state index contributed by atoms with van der Waals surface area (Å²) < 4.78 is 37.9. The van der Waals surface area contributed by atoms with Crippen LogP contribution in [0.2, 0.25) is 0 Å². The van der Waals surface area contributed by atoms with E-state index in [0.717, 1.165) is 98.3 Å². The number of ether oxygens (including phenoxy) is 3. The lowest BCUT2D eigenvalue weighted by Crippen LogP contribution is -2.48. The Hall–Kier alpha value is -4.96. The molecule has 0 spiro atoms. The average Bonchev–Trinajstić information content (AvgIpc) is 3.87. The van der Waals surface area contributed by atoms with Crippen LogP contribution in [-0.2, 0) is 19.4 Å². The van der Waals surface area contributed by atoms with Gasteiger partial charge in [-0.3, -0.25) is 0 Å². The highest BCUT2D eigenvalue weighted by atomic mass is 31.2. The van der Waals surface area contributed by atoms with Crippen molar-refractivity contribution in [3.05, 3.63) is 108 Å². The zero-order valence-corrected chi connectivity index (χ0v) is 41.8. The van der Waals surface area contributed by atoms with Crippen LogP contribution in [0.15, 0.2) is 96.5 Å². The minimum absolute atomic E-state index is 0.0448. The van der Waals surface area contributed by atoms with Gasteiger partial charge in [0.1, 0.15) is 23.4 Å². The number of hydrogen-bond donors (Lipinski definition) is 0. The number of aliphatic imine (C=N–C) groups is 1. The molecule has 13 nitrogen and oxygen atoms in total. The number of aromatic nitrogens is 4. The molecule has 358 valence electrons. The van der Waals surface area contributed by atoms with Gasteiger partial charge in [-0.15, -0.1) is 0 Å². The molecule has 2 aromatic heterocycles. The normalized spacial score (nSPS) is 20.0. The van der Waals surface area contributed by atoms with Gasteiger partial charge in [0.25, 0.3) is 8.53 Å². The summed E-state index contributed by atoms with van der Waals surface area (Å²) in [5, 5.41) is 9.57. The van der Waals surface area contributed by atoms with E-state index in [1.165, 1.54) is 0 Å². The van der Waals surface area contributed by atoms with E-state index >= 15 is 0 Å². The van der Waals surface area contributed by atoms with Gasteiger partial charge in [-0.1, -0.05) is 81.3 Å². The number of rotatable bonds is 25. The van der Waals surface area contributed by atoms with Gasteiger partial charge in [0.15, 0.2) is 17.0 Å². The number of hydrogen-bond acceptors (Lipinski definition) is 11. The van der Waals surface area contributed by atoms with Crippen LogP contribution in [0.1, 0.15) is 122 Å². The van der Waals surface area contributed by atoms with Crippen molar-refractivity contribution in [2.24, 2.45) is 16.3 Å². The third-order valence-electron chi connectivity index (χ3n) is 13.6. The summed E-state index contributed by atoms with van der Waals surface area (Å²) in [4.78, 5) is 21.7. The van der Waals surface area contributed by atoms with E-state index in [1.807, 2.05) is 43.0 Å². The molecule has 1 unspecified atom stereocenters. The van der Waals surface area contributed by atoms with Crippen molar-refractivity contribution in [1.82, 2.24) is 29.1 Å². The molecule has 2 saturated carbocycles. The molecule has 7 rings (SSSR count). The number of unbranched alkanes of at least 4 members (excludes halogenated alkanes) is 2. The second-order valence-corrected chi connectivity index (χ2v) is 20.0. The Bertz CT molecular complexity index is 2310. The molecule has 2 aliphatic carbocycles. The monoisotopic (exact) mass is 931 g/mol. The standard InChI is InChI=1S/C53H71N8O5P/c1-9-11-30-59(31-12-10-2)37-58-50-48-51(56-36-55-50)60(38-57-48)45-33-41-27-28-52(34-45,49(41)66-67(65-32-16-29-54)61(39(3)4)40(5)6)35-64-53(42-17-14-13-15-18-42,43-19-23-46(62-7)24-20-43)44-21-25-47(63-8)26-22-44/h13-15,17-26,36-41,45,49H,9-12,16,27-28,30-35H2,1-8H3/b58-37+/t41-,45-,49-,52+,67?/m0/s1. The maximum Gasteiger partial charge on any atom is 0.259 e. The molecule has 14 heteroatoms. The van der Waals surface area contributed by atoms with Crippen molar-refractivity contribution in [1.29, 1.82) is 5.26 Å². The van der Waals surface area contributed by atoms with E-state index in [-0.39, 0.29) is 36.6 Å². The van der Waals surface area contributed by atoms with Gasteiger partial charge in [-0.05, 0) is 113 Å². The van der Waals surface area contributed by atoms with Crippen LogP contribution in [0, 0.1) is 22.7 Å². The highest BCUT2D eigenvalue weighted by molar-refractivity contribution is 7.44. The van der Waals surface area contributed by atoms with E-state index < -0.39 is 19.5 Å². The molecule has 2 bridgehead atoms. The molecule has 5 aromatic rings. The van der Waals surface area contributed by atoms with E-state index in [2.05, 4.69) is 115 Å². The minimum atomic E-state index is -1.53. The third-order valence-corrected chi connectivity index (χ3v) is 15.7. The molecule has 2 fully saturated rings. The Morgan fingerprint density at radius 3 is 2.09 bits per heavy atom. The molecular weight excluding hydrogens is 860 g/mol. The van der Waals surface area contributed by atoms with Gasteiger partial charge in [0.05, 0.1) is 58.7 Å². The average molecular weight is 931 g/mol. The summed E-state index contributed by atoms with van der Waals surface area (Å²) in [5.74, 6) is 2.29. The first-order valence-electron chi connectivity index (χ1n) is 24.3. The summed E-state index contributed by atoms with van der Waals surface area (Å²) in [6.45, 7) is 15.8. The van der Waals surface area contributed by atoms with Crippen molar-refractivity contribution in [3.63, 3.8) is 0 Å². The topological polar surface area (TPSA) is 132 Å². The van der Waals surface area contributed by atoms with Gasteiger partial charge in [0, 0.05) is 36.6 Å². The fourth-order valence-corrected chi connectivity index (χ4v) is 12.2. The fraction of sp³-hybridized carbons (Fsp3) is 0.528. The predicted octanol–water partition coefficient (Wildman–Crippen LogP) is 11.8. The van der Waals surface area contributed by atoms with Crippen molar-refractivity contribution in [2.75, 3.05) is 40.5 Å². The Balaban J connectivity index is 1.33. The quantitative estimate of drug-likeness (QED) is 0.0182. The van der Waals surface area contributed by atoms with Crippen LogP contribution in [0.5, 0.6) is 11.5 Å². The number of fused-ring (bicyclic) bond motifs is 3. The van der Waals surface area contributed by atoms with Crippen LogP contribution >= 0.6 is 8.53 Å². The summed E-state index contributed by atoms with van der Waals surface area (Å²) in [6, 6.07) is 29.6. The van der Waals surface area contributed by atoms with Crippen LogP contribution in [0.4, 0.5) is 5.82 Å². The zero-order chi connectivity index (χ0) is 47.4. The minimum Gasteiger partial charge on any atom is -0.497 e. The molecule has 5 atom stereocenters. The Morgan fingerprint density at radius 2 is 1.51 bits per heavy atom. The molecule has 0 aliphatic heterocycles. The number of imidazole rings is 1. The summed E-state index contributed by atoms with van der Waals surface area (Å²) in [6.07, 6.45) is 13.5. The lowest BCUT2D eigenvalue weighted by atomic mass is 9.71. The maximum atomic E-state index is 9.57. The van der Waals surface area contributed by atoms with Crippen LogP contribution in [0.3, 0.4) is 0 Å². The van der Waals surface area contributed by atoms with Gasteiger partial charge in [0.2, 0.25) is 0 Å². The van der Waals surface area contributed by atoms with E-state index in [9.17, 15) is 5.26 Å². The second kappa shape index (κ2) is 23.4. The number of nitriles is 1. The second-order valence-electron chi connectivity index (χ2n) is 18.6. The molecule has 67 heavy (non-hydrogen) atoms. The maximum absolute atomic E-state index is 9.57. The van der Waals surface area contributed by atoms with Crippen molar-refractivity contribution in [3.8, 4) is 17.6 Å². The smallest absolute Gasteiger partial charge is 0.259 e. The molecule has 0 N–H and O–H groups in total. The fourth-order valence-electron chi connectivity index (χ4n) is 10.3. The number of benzene rings is 3. The first-order valence-corrected chi connectivity index (χ1v) is 25.4. The number of methoxy groups -OCH3 is 2. The van der Waals surface area contributed by atoms with Crippen LogP contribution in [-0.4, -0.2) is 94.1 Å². The highest BCUT2D eigenvalue weighted by Gasteiger charge is 2.57. The number of nitrogens with zero attached hydrogens (tertiary/aromatic N) is 8. The van der Waals surface area contributed by atoms with Crippen molar-refractivity contribution >= 4 is 31.8 Å². The van der Waals surface area contributed by atoms with Crippen LogP contribution in [0.25, 0.3) is 11.2 Å². The molecule has 0 radical (unpaired) electrons. The summed E-state index contributed by atoms with van der Waals surface area (Å²) in [5.41, 5.74) is 2.94. The lowest BCUT2D eigenvalue weighted by molar-refractivity contribution is -0.101. The molecule has 2 heterocycles. The SMILES string of the molecule is CCCCN(/C=N/c1ncnc2c1ncn2[C@H]1C[C@@H]2CC[C@](COC(c3ccccc3)(c3ccc(OC)cc3)c3ccc(OC)cc3)(C1)[C@H]2OP(OCCC#N)N(C(C)C)C(C)C)CCCC. The van der Waals surface area contributed by atoms with Gasteiger partial charge in [-0.2, -0.15) is 5.26 Å². The summed E-state index contributed by atoms with van der Waals surface area (Å²) in [7, 11) is 1.84. The van der Waals surface area contributed by atoms with E-state index in [0.29, 0.717) is 24.5 Å². The van der Waals surface area contributed by atoms with Crippen molar-refractivity contribution < 1.29 is 23.3 Å². The Morgan fingerprint density at radius 1 is 0.881 bits per heavy atom. The first kappa shape index (κ1) is 49.9. The third kappa shape index (κ3) is 11.2. The first-order chi connectivity index (χ1) is 32.6. The zero-order valence-electron chi connectivity index (χ0n) is 40.9. The predicted molar refractivity (Wildman–Crippen MR) is 267 cm³/mol. The highest BCUT2D eigenvalue weighted by Crippen LogP contribution is 2.62. The van der Waals surface area contributed by atoms with E-state index in [1.54, 1.807) is 20.5 Å². The molecule has 3 aromatic carbocycles. The lowest BCUT2D eigenvalue weighted by Gasteiger charge is -2.48. The molecule has 2 aliphatic rings. The Kier molecular flexibility index (Phi) is 17.4. The van der Waals surface area contributed by atoms with E-state index in [4.69, 9.17) is 38.2 Å².